The highest BCUT2D eigenvalue weighted by Crippen LogP contribution is 2.25. The maximum atomic E-state index is 10.5. The molecule has 0 spiro atoms. The number of carbonyl (C=O) groups is 1. The Labute approximate surface area is 98.2 Å². The van der Waals surface area contributed by atoms with Crippen molar-refractivity contribution in [3.05, 3.63) is 28.8 Å². The molecular formula is C10H12ClN3O2. The van der Waals surface area contributed by atoms with Crippen LogP contribution in [-0.2, 0) is 0 Å². The summed E-state index contributed by atoms with van der Waals surface area (Å²) in [6.07, 6.45) is 0. The largest absolute Gasteiger partial charge is 0.495 e. The summed E-state index contributed by atoms with van der Waals surface area (Å²) in [7, 11) is 1.54. The number of urea groups is 1. The van der Waals surface area contributed by atoms with Gasteiger partial charge < -0.3 is 10.5 Å². The van der Waals surface area contributed by atoms with Crippen LogP contribution in [0.25, 0.3) is 0 Å². The molecule has 1 aromatic rings. The van der Waals surface area contributed by atoms with Gasteiger partial charge in [0.15, 0.2) is 0 Å². The van der Waals surface area contributed by atoms with E-state index in [0.29, 0.717) is 16.5 Å². The number of nitrogens with two attached hydrogens (primary N) is 1. The minimum absolute atomic E-state index is 0.480. The van der Waals surface area contributed by atoms with Gasteiger partial charge in [-0.1, -0.05) is 11.6 Å². The highest BCUT2D eigenvalue weighted by Gasteiger charge is 2.04. The summed E-state index contributed by atoms with van der Waals surface area (Å²) in [6.45, 7) is 1.73. The summed E-state index contributed by atoms with van der Waals surface area (Å²) in [5.41, 5.74) is 8.41. The number of amides is 2. The van der Waals surface area contributed by atoms with E-state index in [1.807, 2.05) is 0 Å². The van der Waals surface area contributed by atoms with Gasteiger partial charge in [0.25, 0.3) is 0 Å². The van der Waals surface area contributed by atoms with Crippen LogP contribution in [0.15, 0.2) is 23.3 Å². The highest BCUT2D eigenvalue weighted by molar-refractivity contribution is 6.32. The van der Waals surface area contributed by atoms with Gasteiger partial charge in [0.1, 0.15) is 5.75 Å². The van der Waals surface area contributed by atoms with E-state index in [-0.39, 0.29) is 0 Å². The lowest BCUT2D eigenvalue weighted by Crippen LogP contribution is -2.25. The zero-order valence-corrected chi connectivity index (χ0v) is 9.71. The Morgan fingerprint density at radius 2 is 2.25 bits per heavy atom. The van der Waals surface area contributed by atoms with Crippen LogP contribution in [0.3, 0.4) is 0 Å². The molecule has 86 valence electrons. The van der Waals surface area contributed by atoms with Crippen LogP contribution in [-0.4, -0.2) is 18.9 Å². The minimum atomic E-state index is -0.709. The van der Waals surface area contributed by atoms with E-state index in [4.69, 9.17) is 22.1 Å². The topological polar surface area (TPSA) is 76.7 Å². The van der Waals surface area contributed by atoms with Gasteiger partial charge in [-0.2, -0.15) is 5.10 Å². The molecule has 0 aliphatic rings. The highest BCUT2D eigenvalue weighted by atomic mass is 35.5. The van der Waals surface area contributed by atoms with E-state index in [2.05, 4.69) is 10.5 Å². The number of primary amides is 1. The SMILES string of the molecule is COc1ccc(/C(C)=N/NC(N)=O)cc1Cl. The Balaban J connectivity index is 2.92. The van der Waals surface area contributed by atoms with Crippen molar-refractivity contribution < 1.29 is 9.53 Å². The second-order valence-electron chi connectivity index (χ2n) is 3.02. The molecule has 0 aromatic heterocycles. The van der Waals surface area contributed by atoms with E-state index in [0.717, 1.165) is 5.56 Å². The smallest absolute Gasteiger partial charge is 0.332 e. The lowest BCUT2D eigenvalue weighted by Gasteiger charge is -2.05. The number of nitrogens with zero attached hydrogens (tertiary/aromatic N) is 1. The first-order valence-electron chi connectivity index (χ1n) is 4.48. The molecule has 3 N–H and O–H groups in total. The standard InChI is InChI=1S/C10H12ClN3O2/c1-6(13-14-10(12)15)7-3-4-9(16-2)8(11)5-7/h3-5H,1-2H3,(H3,12,14,15)/b13-6+. The summed E-state index contributed by atoms with van der Waals surface area (Å²) in [5, 5.41) is 4.26. The van der Waals surface area contributed by atoms with Crippen molar-refractivity contribution in [2.24, 2.45) is 10.8 Å². The fraction of sp³-hybridized carbons (Fsp3) is 0.200. The average Bonchev–Trinajstić information content (AvgIpc) is 2.25. The van der Waals surface area contributed by atoms with Crippen LogP contribution in [0.2, 0.25) is 5.02 Å². The first-order chi connectivity index (χ1) is 7.54. The molecular weight excluding hydrogens is 230 g/mol. The van der Waals surface area contributed by atoms with Crippen LogP contribution >= 0.6 is 11.6 Å². The number of hydrogen-bond acceptors (Lipinski definition) is 3. The number of hydrogen-bond donors (Lipinski definition) is 2. The third-order valence-corrected chi connectivity index (χ3v) is 2.20. The number of rotatable bonds is 3. The molecule has 2 amide bonds. The van der Waals surface area contributed by atoms with Crippen molar-refractivity contribution >= 4 is 23.3 Å². The number of methoxy groups -OCH3 is 1. The molecule has 0 bridgehead atoms. The quantitative estimate of drug-likeness (QED) is 0.625. The van der Waals surface area contributed by atoms with Crippen molar-refractivity contribution in [2.45, 2.75) is 6.92 Å². The molecule has 16 heavy (non-hydrogen) atoms. The maximum Gasteiger partial charge on any atom is 0.332 e. The fourth-order valence-corrected chi connectivity index (χ4v) is 1.35. The Hall–Kier alpha value is -1.75. The summed E-state index contributed by atoms with van der Waals surface area (Å²) in [5.74, 6) is 0.584. The molecule has 6 heteroatoms. The van der Waals surface area contributed by atoms with Gasteiger partial charge in [-0.25, -0.2) is 10.2 Å². The fourth-order valence-electron chi connectivity index (χ4n) is 1.09. The molecule has 0 unspecified atom stereocenters. The second-order valence-corrected chi connectivity index (χ2v) is 3.43. The predicted molar refractivity (Wildman–Crippen MR) is 62.9 cm³/mol. The van der Waals surface area contributed by atoms with Crippen LogP contribution in [0, 0.1) is 0 Å². The number of hydrazone groups is 1. The number of ether oxygens (including phenoxy) is 1. The lowest BCUT2D eigenvalue weighted by molar-refractivity contribution is 0.249. The first kappa shape index (κ1) is 12.3. The molecule has 0 atom stereocenters. The molecule has 0 aliphatic carbocycles. The van der Waals surface area contributed by atoms with E-state index in [9.17, 15) is 4.79 Å². The first-order valence-corrected chi connectivity index (χ1v) is 4.86. The van der Waals surface area contributed by atoms with Gasteiger partial charge >= 0.3 is 6.03 Å². The third-order valence-electron chi connectivity index (χ3n) is 1.90. The van der Waals surface area contributed by atoms with E-state index in [1.165, 1.54) is 7.11 Å². The Morgan fingerprint density at radius 1 is 1.56 bits per heavy atom. The van der Waals surface area contributed by atoms with Crippen LogP contribution in [0.1, 0.15) is 12.5 Å². The minimum Gasteiger partial charge on any atom is -0.495 e. The van der Waals surface area contributed by atoms with Gasteiger partial charge in [0.2, 0.25) is 0 Å². The molecule has 0 fully saturated rings. The number of carbonyl (C=O) groups excluding carboxylic acids is 1. The summed E-state index contributed by atoms with van der Waals surface area (Å²) in [4.78, 5) is 10.5. The Kier molecular flexibility index (Phi) is 4.13. The van der Waals surface area contributed by atoms with Crippen LogP contribution in [0.5, 0.6) is 5.75 Å². The third kappa shape index (κ3) is 3.13. The zero-order valence-electron chi connectivity index (χ0n) is 8.95. The molecule has 0 saturated heterocycles. The normalized spacial score (nSPS) is 11.1. The van der Waals surface area contributed by atoms with E-state index >= 15 is 0 Å². The molecule has 0 heterocycles. The van der Waals surface area contributed by atoms with Gasteiger partial charge in [0.05, 0.1) is 17.8 Å². The molecule has 5 nitrogen and oxygen atoms in total. The summed E-state index contributed by atoms with van der Waals surface area (Å²) >= 11 is 5.94. The second kappa shape index (κ2) is 5.37. The zero-order chi connectivity index (χ0) is 12.1. The van der Waals surface area contributed by atoms with E-state index < -0.39 is 6.03 Å². The molecule has 0 saturated carbocycles. The van der Waals surface area contributed by atoms with Gasteiger partial charge in [-0.05, 0) is 30.7 Å². The van der Waals surface area contributed by atoms with Crippen molar-refractivity contribution in [2.75, 3.05) is 7.11 Å². The van der Waals surface area contributed by atoms with Gasteiger partial charge in [0, 0.05) is 0 Å². The van der Waals surface area contributed by atoms with Crippen molar-refractivity contribution in [3.63, 3.8) is 0 Å². The maximum absolute atomic E-state index is 10.5. The number of benzene rings is 1. The summed E-state index contributed by atoms with van der Waals surface area (Å²) in [6, 6.07) is 4.49. The molecule has 1 rings (SSSR count). The van der Waals surface area contributed by atoms with Crippen LogP contribution in [0.4, 0.5) is 4.79 Å². The number of halogens is 1. The lowest BCUT2D eigenvalue weighted by atomic mass is 10.1. The van der Waals surface area contributed by atoms with Crippen molar-refractivity contribution in [1.82, 2.24) is 5.43 Å². The van der Waals surface area contributed by atoms with Crippen LogP contribution < -0.4 is 15.9 Å². The van der Waals surface area contributed by atoms with Gasteiger partial charge in [-0.3, -0.25) is 0 Å². The Bertz CT molecular complexity index is 432. The monoisotopic (exact) mass is 241 g/mol. The number of nitrogens with one attached hydrogen (secondary N) is 1. The summed E-state index contributed by atoms with van der Waals surface area (Å²) < 4.78 is 5.02. The molecule has 0 aliphatic heterocycles. The molecule has 0 radical (unpaired) electrons. The van der Waals surface area contributed by atoms with Crippen molar-refractivity contribution in [3.8, 4) is 5.75 Å². The van der Waals surface area contributed by atoms with Crippen molar-refractivity contribution in [1.29, 1.82) is 0 Å². The van der Waals surface area contributed by atoms with E-state index in [1.54, 1.807) is 25.1 Å². The van der Waals surface area contributed by atoms with Gasteiger partial charge in [-0.15, -0.1) is 0 Å². The predicted octanol–water partition coefficient (Wildman–Crippen LogP) is 1.74. The molecule has 1 aromatic carbocycles. The average molecular weight is 242 g/mol. The Morgan fingerprint density at radius 3 is 2.75 bits per heavy atom.